The molecular weight excluding hydrogens is 262 g/mol. The fraction of sp³-hybridized carbons (Fsp3) is 0.500. The van der Waals surface area contributed by atoms with Gasteiger partial charge >= 0.3 is 0 Å². The molecule has 0 radical (unpaired) electrons. The highest BCUT2D eigenvalue weighted by Crippen LogP contribution is 2.24. The fourth-order valence-electron chi connectivity index (χ4n) is 2.74. The fourth-order valence-corrected chi connectivity index (χ4v) is 2.74. The third kappa shape index (κ3) is 3.42. The summed E-state index contributed by atoms with van der Waals surface area (Å²) in [5.41, 5.74) is 10.2. The molecule has 0 saturated carbocycles. The Morgan fingerprint density at radius 3 is 2.67 bits per heavy atom. The van der Waals surface area contributed by atoms with Crippen LogP contribution in [0, 0.1) is 13.8 Å². The number of hydrogen-bond donors (Lipinski definition) is 1. The predicted octanol–water partition coefficient (Wildman–Crippen LogP) is 1.96. The molecule has 0 fully saturated rings. The van der Waals surface area contributed by atoms with Gasteiger partial charge in [-0.25, -0.2) is 0 Å². The molecule has 0 bridgehead atoms. The van der Waals surface area contributed by atoms with Crippen molar-refractivity contribution in [1.29, 1.82) is 0 Å². The lowest BCUT2D eigenvalue weighted by molar-refractivity contribution is 0.697. The second kappa shape index (κ2) is 6.72. The molecule has 0 aliphatic carbocycles. The second-order valence-electron chi connectivity index (χ2n) is 5.33. The van der Waals surface area contributed by atoms with E-state index < -0.39 is 0 Å². The van der Waals surface area contributed by atoms with Crippen LogP contribution in [-0.2, 0) is 20.0 Å². The summed E-state index contributed by atoms with van der Waals surface area (Å²) in [4.78, 5) is 6.91. The Morgan fingerprint density at radius 1 is 1.29 bits per heavy atom. The Hall–Kier alpha value is -1.88. The van der Waals surface area contributed by atoms with Gasteiger partial charge in [-0.1, -0.05) is 6.07 Å². The first-order valence-electron chi connectivity index (χ1n) is 7.46. The van der Waals surface area contributed by atoms with Crippen LogP contribution in [0.3, 0.4) is 0 Å². The first-order chi connectivity index (χ1) is 10.1. The number of aryl methyl sites for hydroxylation is 3. The summed E-state index contributed by atoms with van der Waals surface area (Å²) < 4.78 is 1.96. The molecule has 2 heterocycles. The molecule has 0 spiro atoms. The van der Waals surface area contributed by atoms with Gasteiger partial charge in [0.1, 0.15) is 5.82 Å². The van der Waals surface area contributed by atoms with Gasteiger partial charge in [0.05, 0.1) is 17.9 Å². The van der Waals surface area contributed by atoms with E-state index in [2.05, 4.69) is 34.0 Å². The van der Waals surface area contributed by atoms with Crippen molar-refractivity contribution in [3.8, 4) is 0 Å². The van der Waals surface area contributed by atoms with Crippen LogP contribution in [0.1, 0.15) is 29.6 Å². The third-order valence-electron chi connectivity index (χ3n) is 3.69. The van der Waals surface area contributed by atoms with E-state index in [4.69, 9.17) is 5.73 Å². The van der Waals surface area contributed by atoms with Gasteiger partial charge < -0.3 is 10.6 Å². The molecule has 0 saturated heterocycles. The van der Waals surface area contributed by atoms with Crippen LogP contribution in [0.2, 0.25) is 0 Å². The molecule has 2 rings (SSSR count). The molecule has 0 aromatic carbocycles. The van der Waals surface area contributed by atoms with Gasteiger partial charge in [-0.15, -0.1) is 0 Å². The molecule has 5 nitrogen and oxygen atoms in total. The number of aromatic nitrogens is 3. The maximum Gasteiger partial charge on any atom is 0.130 e. The zero-order valence-electron chi connectivity index (χ0n) is 13.4. The number of pyridine rings is 1. The van der Waals surface area contributed by atoms with Crippen molar-refractivity contribution < 1.29 is 0 Å². The lowest BCUT2D eigenvalue weighted by atomic mass is 10.1. The normalized spacial score (nSPS) is 10.9. The molecule has 2 aromatic rings. The van der Waals surface area contributed by atoms with Crippen molar-refractivity contribution in [3.05, 3.63) is 40.8 Å². The summed E-state index contributed by atoms with van der Waals surface area (Å²) in [5.74, 6) is 1.16. The molecule has 2 aromatic heterocycles. The Bertz CT molecular complexity index is 603. The highest BCUT2D eigenvalue weighted by molar-refractivity contribution is 5.50. The largest absolute Gasteiger partial charge is 0.351 e. The second-order valence-corrected chi connectivity index (χ2v) is 5.33. The van der Waals surface area contributed by atoms with Crippen LogP contribution >= 0.6 is 0 Å². The van der Waals surface area contributed by atoms with E-state index in [1.807, 2.05) is 31.6 Å². The van der Waals surface area contributed by atoms with Crippen LogP contribution in [0.5, 0.6) is 0 Å². The van der Waals surface area contributed by atoms with Crippen LogP contribution in [0.4, 0.5) is 5.82 Å². The van der Waals surface area contributed by atoms with E-state index in [9.17, 15) is 0 Å². The smallest absolute Gasteiger partial charge is 0.130 e. The van der Waals surface area contributed by atoms with Crippen molar-refractivity contribution >= 4 is 5.82 Å². The van der Waals surface area contributed by atoms with Gasteiger partial charge in [0.2, 0.25) is 0 Å². The van der Waals surface area contributed by atoms with Crippen molar-refractivity contribution in [1.82, 2.24) is 14.8 Å². The minimum absolute atomic E-state index is 0.639. The summed E-state index contributed by atoms with van der Waals surface area (Å²) in [7, 11) is 1.99. The number of nitrogens with zero attached hydrogens (tertiary/aromatic N) is 4. The maximum absolute atomic E-state index is 5.75. The van der Waals surface area contributed by atoms with E-state index in [-0.39, 0.29) is 0 Å². The highest BCUT2D eigenvalue weighted by Gasteiger charge is 2.18. The molecule has 114 valence electrons. The molecule has 5 heteroatoms. The van der Waals surface area contributed by atoms with E-state index in [1.165, 1.54) is 5.56 Å². The average molecular weight is 287 g/mol. The maximum atomic E-state index is 5.75. The topological polar surface area (TPSA) is 60.0 Å². The summed E-state index contributed by atoms with van der Waals surface area (Å²) in [6, 6.07) is 6.15. The highest BCUT2D eigenvalue weighted by atomic mass is 15.4. The third-order valence-corrected chi connectivity index (χ3v) is 3.69. The van der Waals surface area contributed by atoms with Crippen LogP contribution in [0.15, 0.2) is 18.2 Å². The van der Waals surface area contributed by atoms with E-state index >= 15 is 0 Å². The summed E-state index contributed by atoms with van der Waals surface area (Å²) in [5, 5.41) is 4.56. The molecule has 0 aliphatic heterocycles. The van der Waals surface area contributed by atoms with Crippen molar-refractivity contribution in [3.63, 3.8) is 0 Å². The molecule has 0 amide bonds. The van der Waals surface area contributed by atoms with Crippen molar-refractivity contribution in [2.45, 2.75) is 33.7 Å². The molecule has 21 heavy (non-hydrogen) atoms. The van der Waals surface area contributed by atoms with Crippen molar-refractivity contribution in [2.75, 3.05) is 18.0 Å². The predicted molar refractivity (Wildman–Crippen MR) is 86.4 cm³/mol. The number of nitrogens with two attached hydrogens (primary N) is 1. The number of anilines is 1. The zero-order valence-corrected chi connectivity index (χ0v) is 13.4. The van der Waals surface area contributed by atoms with E-state index in [1.54, 1.807) is 0 Å². The lowest BCUT2D eigenvalue weighted by Gasteiger charge is -2.24. The van der Waals surface area contributed by atoms with Gasteiger partial charge in [0.15, 0.2) is 0 Å². The Kier molecular flexibility index (Phi) is 4.96. The first-order valence-corrected chi connectivity index (χ1v) is 7.46. The van der Waals surface area contributed by atoms with E-state index in [0.29, 0.717) is 6.54 Å². The van der Waals surface area contributed by atoms with Gasteiger partial charge in [-0.2, -0.15) is 5.10 Å². The molecular formula is C16H25N5. The summed E-state index contributed by atoms with van der Waals surface area (Å²) >= 11 is 0. The minimum Gasteiger partial charge on any atom is -0.351 e. The van der Waals surface area contributed by atoms with Crippen molar-refractivity contribution in [2.24, 2.45) is 12.8 Å². The monoisotopic (exact) mass is 287 g/mol. The van der Waals surface area contributed by atoms with Gasteiger partial charge in [0.25, 0.3) is 0 Å². The van der Waals surface area contributed by atoms with E-state index in [0.717, 1.165) is 42.4 Å². The van der Waals surface area contributed by atoms with Gasteiger partial charge in [0, 0.05) is 24.8 Å². The Labute approximate surface area is 126 Å². The summed E-state index contributed by atoms with van der Waals surface area (Å²) in [6.07, 6.45) is 0.854. The molecule has 2 N–H and O–H groups in total. The van der Waals surface area contributed by atoms with Crippen LogP contribution in [-0.4, -0.2) is 27.9 Å². The quantitative estimate of drug-likeness (QED) is 0.882. The number of hydrogen-bond acceptors (Lipinski definition) is 4. The molecule has 0 unspecified atom stereocenters. The number of rotatable bonds is 6. The Morgan fingerprint density at radius 2 is 2.05 bits per heavy atom. The average Bonchev–Trinajstić information content (AvgIpc) is 2.72. The lowest BCUT2D eigenvalue weighted by Crippen LogP contribution is -2.26. The zero-order chi connectivity index (χ0) is 15.4. The van der Waals surface area contributed by atoms with Crippen LogP contribution < -0.4 is 10.6 Å². The molecule has 0 atom stereocenters. The SMILES string of the molecule is CCN(Cc1cccc(C)n1)c1c(CCN)c(C)nn1C. The minimum atomic E-state index is 0.639. The Balaban J connectivity index is 2.33. The standard InChI is InChI=1S/C16H25N5/c1-5-21(11-14-8-6-7-12(2)18-14)16-15(9-10-17)13(3)19-20(16)4/h6-8H,5,9-11,17H2,1-4H3. The summed E-state index contributed by atoms with van der Waals surface area (Å²) in [6.45, 7) is 8.56. The first kappa shape index (κ1) is 15.5. The molecule has 0 aliphatic rings. The van der Waals surface area contributed by atoms with Crippen LogP contribution in [0.25, 0.3) is 0 Å². The van der Waals surface area contributed by atoms with Gasteiger partial charge in [-0.3, -0.25) is 9.67 Å². The van der Waals surface area contributed by atoms with Gasteiger partial charge in [-0.05, 0) is 45.9 Å².